The molecule has 3 heterocycles. The quantitative estimate of drug-likeness (QED) is 0.336. The number of nitrogens with zero attached hydrogens (tertiary/aromatic N) is 4. The minimum Gasteiger partial charge on any atom is -0.390 e. The van der Waals surface area contributed by atoms with Gasteiger partial charge in [-0.05, 0) is 31.9 Å². The molecule has 1 saturated heterocycles. The minimum absolute atomic E-state index is 0.0550. The molecule has 15 heteroatoms. The second-order valence-electron chi connectivity index (χ2n) is 9.57. The van der Waals surface area contributed by atoms with Crippen molar-refractivity contribution in [3.63, 3.8) is 0 Å². The number of benzene rings is 1. The van der Waals surface area contributed by atoms with E-state index in [-0.39, 0.29) is 30.5 Å². The molecule has 10 nitrogen and oxygen atoms in total. The van der Waals surface area contributed by atoms with E-state index in [2.05, 4.69) is 25.6 Å². The van der Waals surface area contributed by atoms with E-state index in [4.69, 9.17) is 0 Å². The van der Waals surface area contributed by atoms with Crippen LogP contribution in [0.25, 0.3) is 20.8 Å². The molecule has 5 rings (SSSR count). The third-order valence-electron chi connectivity index (χ3n) is 6.81. The number of para-hydroxylation sites is 1. The van der Waals surface area contributed by atoms with Gasteiger partial charge in [0, 0.05) is 19.0 Å². The molecular weight excluding hydrogens is 545 g/mol. The predicted octanol–water partition coefficient (Wildman–Crippen LogP) is 2.59. The van der Waals surface area contributed by atoms with Gasteiger partial charge in [-0.2, -0.15) is 18.2 Å². The van der Waals surface area contributed by atoms with Crippen LogP contribution in [-0.4, -0.2) is 87.7 Å². The zero-order valence-corrected chi connectivity index (χ0v) is 21.9. The third kappa shape index (κ3) is 5.57. The lowest BCUT2D eigenvalue weighted by molar-refractivity contribution is -0.115. The lowest BCUT2D eigenvalue weighted by atomic mass is 10.1. The van der Waals surface area contributed by atoms with Gasteiger partial charge in [0.25, 0.3) is 0 Å². The van der Waals surface area contributed by atoms with Gasteiger partial charge in [0.15, 0.2) is 0 Å². The summed E-state index contributed by atoms with van der Waals surface area (Å²) in [5.41, 5.74) is 1.58. The number of hydrogen-bond acceptors (Lipinski definition) is 10. The number of sulfonamides is 1. The normalized spacial score (nSPS) is 25.7. The summed E-state index contributed by atoms with van der Waals surface area (Å²) in [6.45, 7) is 0.739. The van der Waals surface area contributed by atoms with Crippen molar-refractivity contribution in [3.8, 4) is 10.6 Å². The standard InChI is InChI=1S/C23H27F3N6O4S2/c1-12-17(21-30-14-5-2-3-6-16(14)37-21)20(31-22(28-12)27-11-23(24,25)26)29-15-9-13(18(33)19(15)34)10-32-7-4-8-38(32,35)36/h2-3,5-6,13,15,18-19,33-34H,4,7-11H2,1H3,(H2,27,28,29,31)/t13-,15-,18-,19+/m1/s1. The van der Waals surface area contributed by atoms with Crippen molar-refractivity contribution in [2.75, 3.05) is 36.0 Å². The number of fused-ring (bicyclic) bond motifs is 1. The molecule has 0 radical (unpaired) electrons. The second kappa shape index (κ2) is 10.2. The summed E-state index contributed by atoms with van der Waals surface area (Å²) in [5.74, 6) is -0.571. The molecule has 4 atom stereocenters. The fourth-order valence-electron chi connectivity index (χ4n) is 4.95. The van der Waals surface area contributed by atoms with Gasteiger partial charge in [-0.3, -0.25) is 0 Å². The monoisotopic (exact) mass is 572 g/mol. The Labute approximate surface area is 221 Å². The highest BCUT2D eigenvalue weighted by Gasteiger charge is 2.44. The molecule has 38 heavy (non-hydrogen) atoms. The molecular formula is C23H27F3N6O4S2. The Morgan fingerprint density at radius 2 is 1.92 bits per heavy atom. The smallest absolute Gasteiger partial charge is 0.390 e. The largest absolute Gasteiger partial charge is 0.405 e. The molecule has 0 amide bonds. The van der Waals surface area contributed by atoms with Crippen LogP contribution in [0.1, 0.15) is 18.5 Å². The van der Waals surface area contributed by atoms with Crippen LogP contribution in [0.2, 0.25) is 0 Å². The van der Waals surface area contributed by atoms with E-state index in [0.717, 1.165) is 10.2 Å². The SMILES string of the molecule is Cc1nc(NCC(F)(F)F)nc(N[C@@H]2C[C@H](CN3CCCS3(=O)=O)[C@@H](O)[C@H]2O)c1-c1nc2ccccc2s1. The van der Waals surface area contributed by atoms with Gasteiger partial charge in [0.05, 0.1) is 39.4 Å². The first-order valence-electron chi connectivity index (χ1n) is 12.1. The molecule has 1 aromatic carbocycles. The second-order valence-corrected chi connectivity index (χ2v) is 12.7. The molecule has 2 aromatic heterocycles. The molecule has 206 valence electrons. The highest BCUT2D eigenvalue weighted by atomic mass is 32.2. The minimum atomic E-state index is -4.48. The number of thiazole rings is 1. The van der Waals surface area contributed by atoms with E-state index in [1.54, 1.807) is 6.92 Å². The maximum absolute atomic E-state index is 12.8. The Morgan fingerprint density at radius 3 is 2.61 bits per heavy atom. The third-order valence-corrected chi connectivity index (χ3v) is 9.79. The van der Waals surface area contributed by atoms with Crippen molar-refractivity contribution in [2.24, 2.45) is 5.92 Å². The number of aliphatic hydroxyl groups is 2. The van der Waals surface area contributed by atoms with Crippen LogP contribution < -0.4 is 10.6 Å². The van der Waals surface area contributed by atoms with Crippen LogP contribution in [-0.2, 0) is 10.0 Å². The van der Waals surface area contributed by atoms with Gasteiger partial charge in [-0.15, -0.1) is 11.3 Å². The number of nitrogens with one attached hydrogen (secondary N) is 2. The van der Waals surface area contributed by atoms with Crippen molar-refractivity contribution in [2.45, 2.75) is 44.2 Å². The van der Waals surface area contributed by atoms with E-state index < -0.39 is 46.9 Å². The first-order chi connectivity index (χ1) is 17.9. The van der Waals surface area contributed by atoms with Crippen LogP contribution in [0.4, 0.5) is 24.9 Å². The maximum atomic E-state index is 12.8. The van der Waals surface area contributed by atoms with Crippen LogP contribution in [0.5, 0.6) is 0 Å². The number of aromatic nitrogens is 3. The predicted molar refractivity (Wildman–Crippen MR) is 137 cm³/mol. The fourth-order valence-corrected chi connectivity index (χ4v) is 7.59. The van der Waals surface area contributed by atoms with Crippen molar-refractivity contribution in [3.05, 3.63) is 30.0 Å². The van der Waals surface area contributed by atoms with Crippen molar-refractivity contribution in [1.82, 2.24) is 19.3 Å². The zero-order valence-electron chi connectivity index (χ0n) is 20.3. The molecule has 1 aliphatic heterocycles. The van der Waals surface area contributed by atoms with Crippen LogP contribution in [0, 0.1) is 12.8 Å². The van der Waals surface area contributed by atoms with E-state index in [0.29, 0.717) is 29.2 Å². The molecule has 0 spiro atoms. The highest BCUT2D eigenvalue weighted by molar-refractivity contribution is 7.89. The Kier molecular flexibility index (Phi) is 7.24. The molecule has 2 fully saturated rings. The van der Waals surface area contributed by atoms with Gasteiger partial charge in [-0.1, -0.05) is 12.1 Å². The van der Waals surface area contributed by atoms with Crippen LogP contribution in [0.15, 0.2) is 24.3 Å². The van der Waals surface area contributed by atoms with Gasteiger partial charge in [0.1, 0.15) is 23.5 Å². The summed E-state index contributed by atoms with van der Waals surface area (Å²) in [7, 11) is -3.38. The average molecular weight is 573 g/mol. The zero-order chi connectivity index (χ0) is 27.2. The Morgan fingerprint density at radius 1 is 1.16 bits per heavy atom. The molecule has 1 aliphatic carbocycles. The van der Waals surface area contributed by atoms with E-state index in [9.17, 15) is 31.8 Å². The van der Waals surface area contributed by atoms with E-state index in [1.165, 1.54) is 15.6 Å². The van der Waals surface area contributed by atoms with Crippen LogP contribution in [0.3, 0.4) is 0 Å². The number of aliphatic hydroxyl groups excluding tert-OH is 2. The summed E-state index contributed by atoms with van der Waals surface area (Å²) in [6.07, 6.45) is -6.20. The molecule has 0 bridgehead atoms. The highest BCUT2D eigenvalue weighted by Crippen LogP contribution is 2.38. The van der Waals surface area contributed by atoms with Gasteiger partial charge in [0.2, 0.25) is 16.0 Å². The van der Waals surface area contributed by atoms with Gasteiger partial charge < -0.3 is 20.8 Å². The summed E-state index contributed by atoms with van der Waals surface area (Å²) < 4.78 is 65.3. The molecule has 0 unspecified atom stereocenters. The van der Waals surface area contributed by atoms with Crippen molar-refractivity contribution < 1.29 is 31.8 Å². The van der Waals surface area contributed by atoms with Gasteiger partial charge in [-0.25, -0.2) is 22.7 Å². The van der Waals surface area contributed by atoms with Crippen molar-refractivity contribution in [1.29, 1.82) is 0 Å². The van der Waals surface area contributed by atoms with Crippen molar-refractivity contribution >= 4 is 43.3 Å². The molecule has 2 aliphatic rings. The maximum Gasteiger partial charge on any atom is 0.405 e. The first kappa shape index (κ1) is 27.0. The van der Waals surface area contributed by atoms with Crippen LogP contribution >= 0.6 is 11.3 Å². The molecule has 1 saturated carbocycles. The fraction of sp³-hybridized carbons (Fsp3) is 0.522. The van der Waals surface area contributed by atoms with Gasteiger partial charge >= 0.3 is 6.18 Å². The summed E-state index contributed by atoms with van der Waals surface area (Å²) in [5, 5.41) is 27.4. The molecule has 3 aromatic rings. The summed E-state index contributed by atoms with van der Waals surface area (Å²) in [4.78, 5) is 13.1. The number of hydrogen-bond donors (Lipinski definition) is 4. The lowest BCUT2D eigenvalue weighted by Crippen LogP contribution is -2.38. The lowest BCUT2D eigenvalue weighted by Gasteiger charge is -2.22. The summed E-state index contributed by atoms with van der Waals surface area (Å²) in [6, 6.07) is 6.71. The number of anilines is 2. The first-order valence-corrected chi connectivity index (χ1v) is 14.5. The average Bonchev–Trinajstić information content (AvgIpc) is 3.49. The summed E-state index contributed by atoms with van der Waals surface area (Å²) >= 11 is 1.37. The number of rotatable bonds is 7. The van der Waals surface area contributed by atoms with E-state index >= 15 is 0 Å². The number of alkyl halides is 3. The number of halogens is 3. The Hall–Kier alpha value is -2.59. The molecule has 4 N–H and O–H groups in total. The Bertz CT molecular complexity index is 1400. The Balaban J connectivity index is 1.46. The number of aryl methyl sites for hydroxylation is 1. The van der Waals surface area contributed by atoms with E-state index in [1.807, 2.05) is 24.3 Å². The topological polar surface area (TPSA) is 141 Å².